The summed E-state index contributed by atoms with van der Waals surface area (Å²) in [7, 11) is 0. The van der Waals surface area contributed by atoms with E-state index in [4.69, 9.17) is 15.1 Å². The number of aliphatic hydroxyl groups is 1. The van der Waals surface area contributed by atoms with Crippen LogP contribution in [0.5, 0.6) is 5.75 Å². The average Bonchev–Trinajstić information content (AvgIpc) is 2.28. The van der Waals surface area contributed by atoms with Gasteiger partial charge in [0.05, 0.1) is 0 Å². The second-order valence-corrected chi connectivity index (χ2v) is 3.23. The van der Waals surface area contributed by atoms with Gasteiger partial charge in [-0.3, -0.25) is 0 Å². The molecule has 0 spiro atoms. The maximum absolute atomic E-state index is 8.87. The van der Waals surface area contributed by atoms with Crippen LogP contribution in [-0.4, -0.2) is 17.8 Å². The van der Waals surface area contributed by atoms with E-state index in [9.17, 15) is 0 Å². The molecule has 0 fully saturated rings. The van der Waals surface area contributed by atoms with E-state index in [2.05, 4.69) is 6.07 Å². The predicted octanol–water partition coefficient (Wildman–Crippen LogP) is 1.90. The molecule has 0 bridgehead atoms. The number of nitriles is 1. The maximum Gasteiger partial charge on any atom is 0.184 e. The van der Waals surface area contributed by atoms with Gasteiger partial charge in [-0.05, 0) is 24.5 Å². The number of benzene rings is 1. The lowest BCUT2D eigenvalue weighted by Gasteiger charge is -2.13. The monoisotopic (exact) mass is 205 g/mol. The van der Waals surface area contributed by atoms with Crippen molar-refractivity contribution in [1.82, 2.24) is 0 Å². The highest BCUT2D eigenvalue weighted by atomic mass is 16.5. The molecule has 0 aliphatic heterocycles. The molecule has 0 radical (unpaired) electrons. The molecule has 3 heteroatoms. The van der Waals surface area contributed by atoms with Crippen LogP contribution in [0.3, 0.4) is 0 Å². The van der Waals surface area contributed by atoms with Crippen molar-refractivity contribution < 1.29 is 9.84 Å². The van der Waals surface area contributed by atoms with Gasteiger partial charge in [-0.1, -0.05) is 25.1 Å². The van der Waals surface area contributed by atoms with Crippen LogP contribution in [0.15, 0.2) is 24.3 Å². The van der Waals surface area contributed by atoms with Crippen molar-refractivity contribution in [3.63, 3.8) is 0 Å². The van der Waals surface area contributed by atoms with Gasteiger partial charge in [-0.25, -0.2) is 0 Å². The molecule has 1 aromatic carbocycles. The third-order valence-electron chi connectivity index (χ3n) is 2.14. The molecule has 0 heterocycles. The lowest BCUT2D eigenvalue weighted by molar-refractivity contribution is 0.245. The van der Waals surface area contributed by atoms with E-state index < -0.39 is 6.10 Å². The normalized spacial score (nSPS) is 11.8. The first-order valence-corrected chi connectivity index (χ1v) is 5.06. The molecule has 1 atom stereocenters. The lowest BCUT2D eigenvalue weighted by Crippen LogP contribution is -2.13. The van der Waals surface area contributed by atoms with Crippen LogP contribution < -0.4 is 4.74 Å². The van der Waals surface area contributed by atoms with E-state index >= 15 is 0 Å². The zero-order chi connectivity index (χ0) is 11.1. The summed E-state index contributed by atoms with van der Waals surface area (Å²) in [6.45, 7) is 1.99. The van der Waals surface area contributed by atoms with Gasteiger partial charge in [0.25, 0.3) is 0 Å². The largest absolute Gasteiger partial charge is 0.475 e. The Morgan fingerprint density at radius 1 is 1.47 bits per heavy atom. The Labute approximate surface area is 89.9 Å². The van der Waals surface area contributed by atoms with Crippen LogP contribution in [0, 0.1) is 11.3 Å². The molecule has 0 amide bonds. The summed E-state index contributed by atoms with van der Waals surface area (Å²) in [4.78, 5) is 0. The van der Waals surface area contributed by atoms with Crippen LogP contribution in [-0.2, 0) is 6.42 Å². The third kappa shape index (κ3) is 3.26. The van der Waals surface area contributed by atoms with Crippen LogP contribution in [0.4, 0.5) is 0 Å². The van der Waals surface area contributed by atoms with Crippen LogP contribution in [0.25, 0.3) is 0 Å². The van der Waals surface area contributed by atoms with Gasteiger partial charge in [0, 0.05) is 6.61 Å². The fourth-order valence-corrected chi connectivity index (χ4v) is 1.30. The summed E-state index contributed by atoms with van der Waals surface area (Å²) in [6.07, 6.45) is 0.798. The van der Waals surface area contributed by atoms with Crippen molar-refractivity contribution >= 4 is 0 Å². The smallest absolute Gasteiger partial charge is 0.184 e. The highest BCUT2D eigenvalue weighted by molar-refractivity contribution is 5.34. The van der Waals surface area contributed by atoms with Gasteiger partial charge in [0.15, 0.2) is 6.10 Å². The lowest BCUT2D eigenvalue weighted by atomic mass is 10.1. The number of hydrogen-bond donors (Lipinski definition) is 1. The molecular weight excluding hydrogens is 190 g/mol. The molecule has 1 N–H and O–H groups in total. The minimum absolute atomic E-state index is 0.0870. The highest BCUT2D eigenvalue weighted by Crippen LogP contribution is 2.20. The molecule has 1 aromatic rings. The first-order valence-electron chi connectivity index (χ1n) is 5.06. The molecule has 1 unspecified atom stereocenters. The zero-order valence-corrected chi connectivity index (χ0v) is 8.81. The third-order valence-corrected chi connectivity index (χ3v) is 2.14. The van der Waals surface area contributed by atoms with Crippen molar-refractivity contribution in [2.24, 2.45) is 0 Å². The van der Waals surface area contributed by atoms with Crippen molar-refractivity contribution in [1.29, 1.82) is 5.26 Å². The van der Waals surface area contributed by atoms with Crippen molar-refractivity contribution in [2.75, 3.05) is 6.61 Å². The minimum Gasteiger partial charge on any atom is -0.475 e. The van der Waals surface area contributed by atoms with Gasteiger partial charge in [0.1, 0.15) is 11.8 Å². The molecule has 80 valence electrons. The fraction of sp³-hybridized carbons (Fsp3) is 0.417. The van der Waals surface area contributed by atoms with Crippen molar-refractivity contribution in [2.45, 2.75) is 25.9 Å². The summed E-state index contributed by atoms with van der Waals surface area (Å²) in [5, 5.41) is 17.7. The fourth-order valence-electron chi connectivity index (χ4n) is 1.30. The Balaban J connectivity index is 2.79. The Bertz CT molecular complexity index is 344. The Morgan fingerprint density at radius 3 is 2.80 bits per heavy atom. The molecule has 15 heavy (non-hydrogen) atoms. The maximum atomic E-state index is 8.87. The van der Waals surface area contributed by atoms with E-state index in [0.717, 1.165) is 5.56 Å². The molecular formula is C12H15NO2. The average molecular weight is 205 g/mol. The number of rotatable bonds is 5. The van der Waals surface area contributed by atoms with E-state index in [1.165, 1.54) is 0 Å². The minimum atomic E-state index is -0.412. The topological polar surface area (TPSA) is 53.2 Å². The van der Waals surface area contributed by atoms with E-state index in [1.807, 2.05) is 31.2 Å². The Hall–Kier alpha value is -1.53. The molecule has 0 aromatic heterocycles. The van der Waals surface area contributed by atoms with E-state index in [0.29, 0.717) is 18.6 Å². The number of hydrogen-bond acceptors (Lipinski definition) is 3. The zero-order valence-electron chi connectivity index (χ0n) is 8.81. The highest BCUT2D eigenvalue weighted by Gasteiger charge is 2.08. The first kappa shape index (κ1) is 11.5. The van der Waals surface area contributed by atoms with E-state index in [1.54, 1.807) is 0 Å². The predicted molar refractivity (Wildman–Crippen MR) is 57.6 cm³/mol. The summed E-state index contributed by atoms with van der Waals surface area (Å²) in [6, 6.07) is 9.56. The van der Waals surface area contributed by atoms with Gasteiger partial charge in [0.2, 0.25) is 0 Å². The molecule has 3 nitrogen and oxygen atoms in total. The first-order chi connectivity index (χ1) is 7.31. The van der Waals surface area contributed by atoms with Gasteiger partial charge in [-0.15, -0.1) is 0 Å². The Kier molecular flexibility index (Phi) is 4.65. The quantitative estimate of drug-likeness (QED) is 0.798. The standard InChI is InChI=1S/C12H15NO2/c1-2-11(9-13)15-12-6-4-3-5-10(12)7-8-14/h3-6,11,14H,2,7-8H2,1H3. The molecule has 1 rings (SSSR count). The van der Waals surface area contributed by atoms with E-state index in [-0.39, 0.29) is 6.61 Å². The van der Waals surface area contributed by atoms with Gasteiger partial charge in [-0.2, -0.15) is 5.26 Å². The summed E-state index contributed by atoms with van der Waals surface area (Å²) in [5.41, 5.74) is 0.939. The number of aliphatic hydroxyl groups excluding tert-OH is 1. The molecule has 0 saturated carbocycles. The van der Waals surface area contributed by atoms with Gasteiger partial charge >= 0.3 is 0 Å². The molecule has 0 saturated heterocycles. The number of nitrogens with zero attached hydrogens (tertiary/aromatic N) is 1. The van der Waals surface area contributed by atoms with Gasteiger partial charge < -0.3 is 9.84 Å². The summed E-state index contributed by atoms with van der Waals surface area (Å²) >= 11 is 0. The Morgan fingerprint density at radius 2 is 2.20 bits per heavy atom. The number of ether oxygens (including phenoxy) is 1. The van der Waals surface area contributed by atoms with Crippen LogP contribution >= 0.6 is 0 Å². The van der Waals surface area contributed by atoms with Crippen LogP contribution in [0.1, 0.15) is 18.9 Å². The molecule has 0 aliphatic carbocycles. The number of para-hydroxylation sites is 1. The molecule has 0 aliphatic rings. The SMILES string of the molecule is CCC(C#N)Oc1ccccc1CCO. The van der Waals surface area contributed by atoms with Crippen molar-refractivity contribution in [3.05, 3.63) is 29.8 Å². The van der Waals surface area contributed by atoms with Crippen LogP contribution in [0.2, 0.25) is 0 Å². The second kappa shape index (κ2) is 6.05. The second-order valence-electron chi connectivity index (χ2n) is 3.23. The van der Waals surface area contributed by atoms with Crippen molar-refractivity contribution in [3.8, 4) is 11.8 Å². The summed E-state index contributed by atoms with van der Waals surface area (Å²) < 4.78 is 5.52. The summed E-state index contributed by atoms with van der Waals surface area (Å²) in [5.74, 6) is 0.694.